The molecule has 1 aromatic heterocycles. The Labute approximate surface area is 148 Å². The molecule has 1 atom stereocenters. The second-order valence-corrected chi connectivity index (χ2v) is 6.77. The predicted molar refractivity (Wildman–Crippen MR) is 95.9 cm³/mol. The fraction of sp³-hybridized carbons (Fsp3) is 0.353. The van der Waals surface area contributed by atoms with E-state index in [0.717, 1.165) is 24.9 Å². The van der Waals surface area contributed by atoms with E-state index in [9.17, 15) is 10.1 Å². The molecule has 124 valence electrons. The van der Waals surface area contributed by atoms with Gasteiger partial charge in [-0.1, -0.05) is 18.2 Å². The van der Waals surface area contributed by atoms with Gasteiger partial charge in [0.1, 0.15) is 4.47 Å². The summed E-state index contributed by atoms with van der Waals surface area (Å²) in [7, 11) is 0. The molecule has 0 saturated carbocycles. The Bertz CT molecular complexity index is 842. The standard InChI is InChI=1S/C17H18BrN5O/c18-15-9-21-17(22-7-3-6-14(20)11-22)23(16(15)24)10-13-5-2-1-4-12(13)8-19/h1-2,4-5,9,14H,3,6-7,10-11,20H2. The van der Waals surface area contributed by atoms with Crippen molar-refractivity contribution in [3.05, 3.63) is 56.4 Å². The highest BCUT2D eigenvalue weighted by Gasteiger charge is 2.22. The molecule has 1 saturated heterocycles. The lowest BCUT2D eigenvalue weighted by atomic mass is 10.1. The zero-order chi connectivity index (χ0) is 17.1. The maximum Gasteiger partial charge on any atom is 0.269 e. The minimum absolute atomic E-state index is 0.0825. The number of nitrogens with two attached hydrogens (primary N) is 1. The lowest BCUT2D eigenvalue weighted by Crippen LogP contribution is -2.45. The van der Waals surface area contributed by atoms with Crippen molar-refractivity contribution in [2.24, 2.45) is 5.73 Å². The molecule has 6 nitrogen and oxygen atoms in total. The van der Waals surface area contributed by atoms with Crippen LogP contribution in [0.3, 0.4) is 0 Å². The minimum atomic E-state index is -0.160. The summed E-state index contributed by atoms with van der Waals surface area (Å²) in [6.07, 6.45) is 3.49. The molecule has 3 rings (SSSR count). The van der Waals surface area contributed by atoms with E-state index in [1.54, 1.807) is 10.6 Å². The smallest absolute Gasteiger partial charge is 0.269 e. The van der Waals surface area contributed by atoms with Crippen LogP contribution in [-0.4, -0.2) is 28.7 Å². The largest absolute Gasteiger partial charge is 0.341 e. The van der Waals surface area contributed by atoms with Crippen LogP contribution in [0.1, 0.15) is 24.0 Å². The zero-order valence-corrected chi connectivity index (χ0v) is 14.7. The van der Waals surface area contributed by atoms with E-state index in [0.29, 0.717) is 29.1 Å². The van der Waals surface area contributed by atoms with Crippen molar-refractivity contribution in [1.82, 2.24) is 9.55 Å². The van der Waals surface area contributed by atoms with Crippen molar-refractivity contribution < 1.29 is 0 Å². The average Bonchev–Trinajstić information content (AvgIpc) is 2.59. The van der Waals surface area contributed by atoms with Gasteiger partial charge in [0.2, 0.25) is 5.95 Å². The number of nitrogens with zero attached hydrogens (tertiary/aromatic N) is 4. The van der Waals surface area contributed by atoms with E-state index < -0.39 is 0 Å². The highest BCUT2D eigenvalue weighted by atomic mass is 79.9. The summed E-state index contributed by atoms with van der Waals surface area (Å²) in [4.78, 5) is 19.2. The van der Waals surface area contributed by atoms with Gasteiger partial charge in [-0.25, -0.2) is 4.98 Å². The topological polar surface area (TPSA) is 87.9 Å². The monoisotopic (exact) mass is 387 g/mol. The third kappa shape index (κ3) is 3.35. The Hall–Kier alpha value is -2.17. The number of piperidine rings is 1. The quantitative estimate of drug-likeness (QED) is 0.867. The van der Waals surface area contributed by atoms with Crippen LogP contribution in [0, 0.1) is 11.3 Å². The maximum atomic E-state index is 12.7. The third-order valence-corrected chi connectivity index (χ3v) is 4.74. The van der Waals surface area contributed by atoms with E-state index in [1.807, 2.05) is 18.2 Å². The van der Waals surface area contributed by atoms with Crippen molar-refractivity contribution in [2.75, 3.05) is 18.0 Å². The van der Waals surface area contributed by atoms with Crippen molar-refractivity contribution in [3.63, 3.8) is 0 Å². The number of anilines is 1. The van der Waals surface area contributed by atoms with E-state index >= 15 is 0 Å². The van der Waals surface area contributed by atoms with E-state index in [4.69, 9.17) is 5.73 Å². The van der Waals surface area contributed by atoms with Crippen molar-refractivity contribution in [1.29, 1.82) is 5.26 Å². The van der Waals surface area contributed by atoms with Crippen LogP contribution < -0.4 is 16.2 Å². The molecule has 1 unspecified atom stereocenters. The maximum absolute atomic E-state index is 12.7. The van der Waals surface area contributed by atoms with Crippen molar-refractivity contribution >= 4 is 21.9 Å². The van der Waals surface area contributed by atoms with E-state index in [2.05, 4.69) is 31.9 Å². The number of nitriles is 1. The highest BCUT2D eigenvalue weighted by Crippen LogP contribution is 2.19. The number of rotatable bonds is 3. The molecule has 24 heavy (non-hydrogen) atoms. The summed E-state index contributed by atoms with van der Waals surface area (Å²) in [5.74, 6) is 0.603. The number of halogens is 1. The SMILES string of the molecule is N#Cc1ccccc1Cn1c(N2CCCC(N)C2)ncc(Br)c1=O. The summed E-state index contributed by atoms with van der Waals surface area (Å²) in [6.45, 7) is 1.80. The lowest BCUT2D eigenvalue weighted by Gasteiger charge is -2.33. The third-order valence-electron chi connectivity index (χ3n) is 4.19. The molecule has 1 fully saturated rings. The summed E-state index contributed by atoms with van der Waals surface area (Å²) < 4.78 is 2.01. The lowest BCUT2D eigenvalue weighted by molar-refractivity contribution is 0.490. The molecule has 1 aliphatic heterocycles. The van der Waals surface area contributed by atoms with Crippen LogP contribution in [0.5, 0.6) is 0 Å². The van der Waals surface area contributed by atoms with E-state index in [1.165, 1.54) is 6.20 Å². The molecule has 0 bridgehead atoms. The number of hydrogen-bond donors (Lipinski definition) is 1. The molecule has 2 N–H and O–H groups in total. The molecule has 0 aliphatic carbocycles. The fourth-order valence-corrected chi connectivity index (χ4v) is 3.30. The van der Waals surface area contributed by atoms with Gasteiger partial charge in [-0.3, -0.25) is 9.36 Å². The molecule has 1 aromatic carbocycles. The van der Waals surface area contributed by atoms with Gasteiger partial charge in [0, 0.05) is 19.1 Å². The van der Waals surface area contributed by atoms with Gasteiger partial charge in [0.15, 0.2) is 0 Å². The fourth-order valence-electron chi connectivity index (χ4n) is 2.98. The Morgan fingerprint density at radius 3 is 2.96 bits per heavy atom. The predicted octanol–water partition coefficient (Wildman–Crippen LogP) is 1.85. The van der Waals surface area contributed by atoms with Crippen LogP contribution in [0.15, 0.2) is 39.7 Å². The first-order chi connectivity index (χ1) is 11.6. The Morgan fingerprint density at radius 2 is 2.21 bits per heavy atom. The van der Waals surface area contributed by atoms with Gasteiger partial charge in [-0.2, -0.15) is 5.26 Å². The summed E-state index contributed by atoms with van der Waals surface area (Å²) in [5.41, 5.74) is 7.27. The van der Waals surface area contributed by atoms with Gasteiger partial charge < -0.3 is 10.6 Å². The summed E-state index contributed by atoms with van der Waals surface area (Å²) in [5, 5.41) is 9.28. The first-order valence-corrected chi connectivity index (χ1v) is 8.63. The average molecular weight is 388 g/mol. The Balaban J connectivity index is 2.04. The molecule has 7 heteroatoms. The van der Waals surface area contributed by atoms with Gasteiger partial charge in [-0.05, 0) is 40.4 Å². The molecule has 2 aromatic rings. The first kappa shape index (κ1) is 16.7. The van der Waals surface area contributed by atoms with Crippen LogP contribution in [0.2, 0.25) is 0 Å². The van der Waals surface area contributed by atoms with Gasteiger partial charge in [0.05, 0.1) is 24.4 Å². The van der Waals surface area contributed by atoms with Crippen molar-refractivity contribution in [2.45, 2.75) is 25.4 Å². The second-order valence-electron chi connectivity index (χ2n) is 5.91. The molecule has 0 amide bonds. The Kier molecular flexibility index (Phi) is 4.97. The number of hydrogen-bond acceptors (Lipinski definition) is 5. The minimum Gasteiger partial charge on any atom is -0.341 e. The molecular formula is C17H18BrN5O. The van der Waals surface area contributed by atoms with Crippen LogP contribution in [0.25, 0.3) is 0 Å². The highest BCUT2D eigenvalue weighted by molar-refractivity contribution is 9.10. The molecule has 0 spiro atoms. The molecular weight excluding hydrogens is 370 g/mol. The number of aromatic nitrogens is 2. The first-order valence-electron chi connectivity index (χ1n) is 7.84. The van der Waals surface area contributed by atoms with Crippen LogP contribution in [-0.2, 0) is 6.54 Å². The van der Waals surface area contributed by atoms with Crippen LogP contribution >= 0.6 is 15.9 Å². The molecule has 0 radical (unpaired) electrons. The van der Waals surface area contributed by atoms with Crippen molar-refractivity contribution in [3.8, 4) is 6.07 Å². The van der Waals surface area contributed by atoms with Gasteiger partial charge in [-0.15, -0.1) is 0 Å². The molecule has 1 aliphatic rings. The van der Waals surface area contributed by atoms with E-state index in [-0.39, 0.29) is 11.6 Å². The Morgan fingerprint density at radius 1 is 1.42 bits per heavy atom. The number of benzene rings is 1. The zero-order valence-electron chi connectivity index (χ0n) is 13.2. The van der Waals surface area contributed by atoms with Gasteiger partial charge in [0.25, 0.3) is 5.56 Å². The summed E-state index contributed by atoms with van der Waals surface area (Å²) >= 11 is 3.26. The second kappa shape index (κ2) is 7.16. The summed E-state index contributed by atoms with van der Waals surface area (Å²) in [6, 6.07) is 9.55. The molecule has 2 heterocycles. The van der Waals surface area contributed by atoms with Crippen LogP contribution in [0.4, 0.5) is 5.95 Å². The van der Waals surface area contributed by atoms with Gasteiger partial charge >= 0.3 is 0 Å². The normalized spacial score (nSPS) is 17.5.